The Hall–Kier alpha value is 0.454. The molecular formula is C2H9B9-. The van der Waals surface area contributed by atoms with Crippen LogP contribution in [0.4, 0.5) is 0 Å². The molecular weight excluding hydrogens is 121 g/mol. The third-order valence-corrected chi connectivity index (χ3v) is 3.21. The second kappa shape index (κ2) is 3.91. The van der Waals surface area contributed by atoms with E-state index in [-0.39, 0.29) is 0 Å². The molecule has 1 fully saturated rings. The van der Waals surface area contributed by atoms with Crippen molar-refractivity contribution in [3.05, 3.63) is 0 Å². The lowest BCUT2D eigenvalue weighted by atomic mass is 8.95. The van der Waals surface area contributed by atoms with Crippen LogP contribution in [0.15, 0.2) is 0 Å². The van der Waals surface area contributed by atoms with Gasteiger partial charge in [-0.15, -0.1) is 12.8 Å². The summed E-state index contributed by atoms with van der Waals surface area (Å²) < 4.78 is 0. The first-order valence-electron chi connectivity index (χ1n) is 5.16. The van der Waals surface area contributed by atoms with Gasteiger partial charge in [0.15, 0.2) is 0 Å². The summed E-state index contributed by atoms with van der Waals surface area (Å²) >= 11 is 0. The lowest BCUT2D eigenvalue weighted by Crippen LogP contribution is -2.43. The van der Waals surface area contributed by atoms with Gasteiger partial charge in [-0.25, -0.2) is 0 Å². The first-order chi connectivity index (χ1) is 5.47. The maximum Gasteiger partial charge on any atom is 0.0711 e. The molecule has 45 valence electrons. The molecule has 2 heterocycles. The van der Waals surface area contributed by atoms with Gasteiger partial charge in [-0.05, 0) is 0 Å². The van der Waals surface area contributed by atoms with E-state index in [4.69, 9.17) is 0 Å². The summed E-state index contributed by atoms with van der Waals surface area (Å²) in [5, 5.41) is 1.81. The molecule has 1 atom stereocenters. The van der Waals surface area contributed by atoms with Crippen molar-refractivity contribution < 1.29 is 0 Å². The number of hydrogen-bond acceptors (Lipinski definition) is 0. The molecule has 0 N–H and O–H groups in total. The topological polar surface area (TPSA) is 0 Å². The van der Waals surface area contributed by atoms with E-state index in [1.54, 1.807) is 0 Å². The molecule has 0 bridgehead atoms. The van der Waals surface area contributed by atoms with Gasteiger partial charge in [-0.1, -0.05) is 0 Å². The highest BCUT2D eigenvalue weighted by atomic mass is 13.7. The monoisotopic (exact) mass is 132 g/mol. The predicted molar refractivity (Wildman–Crippen MR) is 71.7 cm³/mol. The molecule has 0 aromatic heterocycles. The Morgan fingerprint density at radius 1 is 1.00 bits per heavy atom. The lowest BCUT2D eigenvalue weighted by molar-refractivity contribution is 1.79. The van der Waals surface area contributed by atoms with Crippen LogP contribution in [-0.4, -0.2) is 69.0 Å². The second-order valence-corrected chi connectivity index (χ2v) is 4.01. The summed E-state index contributed by atoms with van der Waals surface area (Å²) in [7, 11) is 11.6. The zero-order valence-corrected chi connectivity index (χ0v) is 7.31. The Kier molecular flexibility index (Phi) is 2.87. The highest BCUT2D eigenvalue weighted by Gasteiger charge is 2.16. The minimum Gasteiger partial charge on any atom is -0.400 e. The van der Waals surface area contributed by atoms with Crippen LogP contribution in [0.3, 0.4) is 0 Å². The Balaban J connectivity index is 2.06. The van der Waals surface area contributed by atoms with Gasteiger partial charge in [-0.2, -0.15) is 0 Å². The molecule has 2 rings (SSSR count). The van der Waals surface area contributed by atoms with Crippen LogP contribution in [0.1, 0.15) is 0 Å². The van der Waals surface area contributed by atoms with Crippen LogP contribution >= 0.6 is 0 Å². The van der Waals surface area contributed by atoms with Crippen molar-refractivity contribution in [3.8, 4) is 0 Å². The maximum absolute atomic E-state index is 2.54. The molecule has 0 saturated carbocycles. The molecule has 0 nitrogen and oxygen atoms in total. The summed E-state index contributed by atoms with van der Waals surface area (Å²) in [6.45, 7) is 2.54. The summed E-state index contributed by atoms with van der Waals surface area (Å²) in [5.41, 5.74) is 1.01. The van der Waals surface area contributed by atoms with E-state index in [9.17, 15) is 0 Å². The van der Waals surface area contributed by atoms with Crippen LogP contribution in [-0.2, 0) is 0 Å². The van der Waals surface area contributed by atoms with Crippen molar-refractivity contribution in [3.63, 3.8) is 0 Å². The Labute approximate surface area is 75.1 Å². The second-order valence-electron chi connectivity index (χ2n) is 4.01. The van der Waals surface area contributed by atoms with Crippen LogP contribution < -0.4 is 0 Å². The van der Waals surface area contributed by atoms with E-state index in [1.165, 1.54) is 56.8 Å². The third-order valence-electron chi connectivity index (χ3n) is 3.21. The first-order valence-corrected chi connectivity index (χ1v) is 5.16. The molecule has 2 aliphatic rings. The Morgan fingerprint density at radius 2 is 1.82 bits per heavy atom. The fourth-order valence-electron chi connectivity index (χ4n) is 2.53. The van der Waals surface area contributed by atoms with Crippen LogP contribution in [0, 0.1) is 0 Å². The summed E-state index contributed by atoms with van der Waals surface area (Å²) in [6.07, 6.45) is 0. The van der Waals surface area contributed by atoms with Gasteiger partial charge >= 0.3 is 0 Å². The van der Waals surface area contributed by atoms with Crippen molar-refractivity contribution in [2.24, 2.45) is 0 Å². The predicted octanol–water partition coefficient (Wildman–Crippen LogP) is -5.51. The van der Waals surface area contributed by atoms with Gasteiger partial charge in [0, 0.05) is 28.2 Å². The van der Waals surface area contributed by atoms with Crippen molar-refractivity contribution in [1.82, 2.24) is 0 Å². The lowest BCUT2D eigenvalue weighted by Gasteiger charge is -2.30. The smallest absolute Gasteiger partial charge is 0.0711 e. The van der Waals surface area contributed by atoms with Crippen molar-refractivity contribution in [1.29, 1.82) is 0 Å². The highest BCUT2D eigenvalue weighted by Crippen LogP contribution is 2.04. The van der Waals surface area contributed by atoms with Crippen molar-refractivity contribution in [2.45, 2.75) is 5.72 Å². The van der Waals surface area contributed by atoms with Crippen LogP contribution in [0.25, 0.3) is 0 Å². The van der Waals surface area contributed by atoms with E-state index < -0.39 is 0 Å². The van der Waals surface area contributed by atoms with Gasteiger partial charge < -0.3 is 12.2 Å². The van der Waals surface area contributed by atoms with Gasteiger partial charge in [0.1, 0.15) is 0 Å². The van der Waals surface area contributed by atoms with Crippen molar-refractivity contribution >= 4 is 69.0 Å². The zero-order chi connectivity index (χ0) is 7.52. The molecule has 9 heteroatoms. The zero-order valence-electron chi connectivity index (χ0n) is 7.31. The van der Waals surface area contributed by atoms with E-state index >= 15 is 0 Å². The van der Waals surface area contributed by atoms with E-state index in [2.05, 4.69) is 6.81 Å². The average molecular weight is 130 g/mol. The standard InChI is InChI=1S/C2H9B9/c3-1-2(4-8-7-3)6-10-11-9-5-1/h1,3-5,7-11H/q-1. The Bertz CT molecular complexity index is 163. The summed E-state index contributed by atoms with van der Waals surface area (Å²) in [4.78, 5) is 0. The minimum absolute atomic E-state index is 1.01. The van der Waals surface area contributed by atoms with Crippen molar-refractivity contribution in [2.75, 3.05) is 0 Å². The molecule has 1 radical (unpaired) electrons. The van der Waals surface area contributed by atoms with E-state index in [1.807, 2.05) is 5.36 Å². The third kappa shape index (κ3) is 1.97. The molecule has 11 heavy (non-hydrogen) atoms. The molecule has 1 saturated heterocycles. The van der Waals surface area contributed by atoms with Gasteiger partial charge in [0.25, 0.3) is 0 Å². The molecule has 0 amide bonds. The number of hydrogen-bond donors (Lipinski definition) is 0. The summed E-state index contributed by atoms with van der Waals surface area (Å²) in [6, 6.07) is 0. The fraction of sp³-hybridized carbons (Fsp3) is 0.500. The van der Waals surface area contributed by atoms with Gasteiger partial charge in [0.2, 0.25) is 0 Å². The van der Waals surface area contributed by atoms with Gasteiger partial charge in [-0.3, -0.25) is 0 Å². The normalized spacial score (nSPS) is 26.2. The summed E-state index contributed by atoms with van der Waals surface area (Å²) in [5.74, 6) is 0. The van der Waals surface area contributed by atoms with Gasteiger partial charge in [0.05, 0.1) is 21.5 Å². The quantitative estimate of drug-likeness (QED) is 0.287. The Morgan fingerprint density at radius 3 is 2.73 bits per heavy atom. The van der Waals surface area contributed by atoms with E-state index in [0.29, 0.717) is 0 Å². The number of fused-ring (bicyclic) bond motifs is 1. The maximum atomic E-state index is 2.54. The highest BCUT2D eigenvalue weighted by molar-refractivity contribution is 7.63. The SMILES string of the molecule is [B-]1=C2BBBBC2BBBB1. The molecule has 0 aromatic carbocycles. The average Bonchev–Trinajstić information content (AvgIpc) is 2.28. The minimum atomic E-state index is 1.01. The fourth-order valence-corrected chi connectivity index (χ4v) is 2.53. The molecule has 2 aliphatic heterocycles. The first kappa shape index (κ1) is 8.07. The van der Waals surface area contributed by atoms with E-state index in [0.717, 1.165) is 5.72 Å². The molecule has 0 aromatic rings. The molecule has 1 unspecified atom stereocenters. The van der Waals surface area contributed by atoms with Crippen LogP contribution in [0.2, 0.25) is 5.72 Å². The largest absolute Gasteiger partial charge is 0.400 e. The molecule has 0 spiro atoms. The molecule has 0 aliphatic carbocycles. The van der Waals surface area contributed by atoms with Crippen LogP contribution in [0.5, 0.6) is 0 Å². The number of rotatable bonds is 0.